The molecular weight excluding hydrogens is 467 g/mol. The quantitative estimate of drug-likeness (QED) is 0.372. The van der Waals surface area contributed by atoms with E-state index >= 15 is 0 Å². The van der Waals surface area contributed by atoms with Gasteiger partial charge in [0.1, 0.15) is 0 Å². The van der Waals surface area contributed by atoms with E-state index in [2.05, 4.69) is 10.3 Å². The van der Waals surface area contributed by atoms with Gasteiger partial charge in [-0.3, -0.25) is 0 Å². The zero-order valence-electron chi connectivity index (χ0n) is 18.6. The minimum absolute atomic E-state index is 0.0231. The number of halogens is 3. The predicted octanol–water partition coefficient (Wildman–Crippen LogP) is 5.49. The van der Waals surface area contributed by atoms with Gasteiger partial charge in [-0.1, -0.05) is 24.3 Å². The average Bonchev–Trinajstić information content (AvgIpc) is 3.09. The standard InChI is InChI=1S/C24H22F3N3O3S/c1-24(26,27)18-7-5-4-6-15(18)14-30-21-10-9-17(34(3,31)32)13-20(21)29-23(30)28-16-8-11-22(33-2)19(25)12-16/h4-13H,14H2,1-3H3,(H,28,29). The van der Waals surface area contributed by atoms with Gasteiger partial charge >= 0.3 is 0 Å². The molecule has 0 bridgehead atoms. The number of aromatic nitrogens is 2. The minimum Gasteiger partial charge on any atom is -0.494 e. The van der Waals surface area contributed by atoms with Gasteiger partial charge in [-0.2, -0.15) is 0 Å². The molecule has 1 aromatic heterocycles. The van der Waals surface area contributed by atoms with Crippen LogP contribution in [0.25, 0.3) is 11.0 Å². The fourth-order valence-corrected chi connectivity index (χ4v) is 4.37. The second-order valence-corrected chi connectivity index (χ2v) is 9.98. The first kappa shape index (κ1) is 23.6. The van der Waals surface area contributed by atoms with Crippen LogP contribution in [0.15, 0.2) is 65.6 Å². The number of fused-ring (bicyclic) bond motifs is 1. The topological polar surface area (TPSA) is 73.2 Å². The Balaban J connectivity index is 1.86. The molecule has 178 valence electrons. The molecule has 0 saturated carbocycles. The molecule has 0 amide bonds. The first-order chi connectivity index (χ1) is 16.0. The first-order valence-corrected chi connectivity index (χ1v) is 12.1. The van der Waals surface area contributed by atoms with Gasteiger partial charge in [0.25, 0.3) is 5.92 Å². The highest BCUT2D eigenvalue weighted by Gasteiger charge is 2.27. The Morgan fingerprint density at radius 1 is 1.09 bits per heavy atom. The van der Waals surface area contributed by atoms with Gasteiger partial charge in [0, 0.05) is 30.5 Å². The van der Waals surface area contributed by atoms with Crippen molar-refractivity contribution < 1.29 is 26.3 Å². The maximum Gasteiger partial charge on any atom is 0.270 e. The summed E-state index contributed by atoms with van der Waals surface area (Å²) in [6.45, 7) is 0.852. The Bertz CT molecular complexity index is 1480. The molecule has 0 fully saturated rings. The number of alkyl halides is 2. The number of nitrogens with zero attached hydrogens (tertiary/aromatic N) is 2. The number of hydrogen-bond donors (Lipinski definition) is 1. The van der Waals surface area contributed by atoms with Crippen LogP contribution in [0.5, 0.6) is 5.75 Å². The van der Waals surface area contributed by atoms with E-state index < -0.39 is 21.6 Å². The van der Waals surface area contributed by atoms with Crippen molar-refractivity contribution in [2.45, 2.75) is 24.3 Å². The van der Waals surface area contributed by atoms with Crippen LogP contribution in [0.2, 0.25) is 0 Å². The van der Waals surface area contributed by atoms with E-state index in [4.69, 9.17) is 4.74 Å². The number of imidazole rings is 1. The van der Waals surface area contributed by atoms with Crippen LogP contribution in [-0.4, -0.2) is 31.3 Å². The summed E-state index contributed by atoms with van der Waals surface area (Å²) >= 11 is 0. The molecule has 0 radical (unpaired) electrons. The summed E-state index contributed by atoms with van der Waals surface area (Å²) in [5, 5.41) is 3.01. The third-order valence-electron chi connectivity index (χ3n) is 5.37. The molecule has 6 nitrogen and oxygen atoms in total. The van der Waals surface area contributed by atoms with E-state index in [0.29, 0.717) is 22.3 Å². The highest BCUT2D eigenvalue weighted by Crippen LogP contribution is 2.33. The van der Waals surface area contributed by atoms with Gasteiger partial charge in [0.2, 0.25) is 5.95 Å². The van der Waals surface area contributed by atoms with E-state index in [-0.39, 0.29) is 28.7 Å². The fraction of sp³-hybridized carbons (Fsp3) is 0.208. The van der Waals surface area contributed by atoms with Crippen molar-refractivity contribution in [1.82, 2.24) is 9.55 Å². The van der Waals surface area contributed by atoms with Crippen LogP contribution in [0.3, 0.4) is 0 Å². The SMILES string of the molecule is COc1ccc(Nc2nc3cc(S(C)(=O)=O)ccc3n2Cc2ccccc2C(C)(F)F)cc1F. The summed E-state index contributed by atoms with van der Waals surface area (Å²) in [4.78, 5) is 4.56. The van der Waals surface area contributed by atoms with Gasteiger partial charge in [0.05, 0.1) is 29.6 Å². The Kier molecular flexibility index (Phi) is 6.03. The number of benzene rings is 3. The number of ether oxygens (including phenoxy) is 1. The summed E-state index contributed by atoms with van der Waals surface area (Å²) in [5.41, 5.74) is 1.46. The molecule has 10 heteroatoms. The van der Waals surface area contributed by atoms with E-state index in [0.717, 1.165) is 13.2 Å². The molecule has 0 aliphatic heterocycles. The third-order valence-corrected chi connectivity index (χ3v) is 6.48. The maximum absolute atomic E-state index is 14.2. The zero-order valence-corrected chi connectivity index (χ0v) is 19.5. The van der Waals surface area contributed by atoms with Crippen LogP contribution in [-0.2, 0) is 22.3 Å². The van der Waals surface area contributed by atoms with E-state index in [1.165, 1.54) is 37.4 Å². The average molecular weight is 490 g/mol. The number of nitrogens with one attached hydrogen (secondary N) is 1. The molecule has 0 aliphatic rings. The van der Waals surface area contributed by atoms with Crippen molar-refractivity contribution in [1.29, 1.82) is 0 Å². The number of rotatable bonds is 7. The Hall–Kier alpha value is -3.53. The van der Waals surface area contributed by atoms with E-state index in [9.17, 15) is 21.6 Å². The summed E-state index contributed by atoms with van der Waals surface area (Å²) in [5.74, 6) is -3.36. The molecule has 0 saturated heterocycles. The fourth-order valence-electron chi connectivity index (χ4n) is 3.73. The summed E-state index contributed by atoms with van der Waals surface area (Å²) in [7, 11) is -2.13. The summed E-state index contributed by atoms with van der Waals surface area (Å²) in [6, 6.07) is 14.8. The van der Waals surface area contributed by atoms with Gasteiger partial charge in [-0.05, 0) is 35.9 Å². The first-order valence-electron chi connectivity index (χ1n) is 10.2. The second-order valence-electron chi connectivity index (χ2n) is 7.96. The Morgan fingerprint density at radius 3 is 2.47 bits per heavy atom. The molecule has 0 spiro atoms. The molecule has 0 unspecified atom stereocenters. The van der Waals surface area contributed by atoms with Crippen LogP contribution >= 0.6 is 0 Å². The van der Waals surface area contributed by atoms with Crippen LogP contribution < -0.4 is 10.1 Å². The van der Waals surface area contributed by atoms with Crippen LogP contribution in [0.1, 0.15) is 18.1 Å². The smallest absolute Gasteiger partial charge is 0.270 e. The molecule has 3 aromatic carbocycles. The van der Waals surface area contributed by atoms with Crippen molar-refractivity contribution in [3.05, 3.63) is 77.6 Å². The van der Waals surface area contributed by atoms with Crippen molar-refractivity contribution in [2.75, 3.05) is 18.7 Å². The van der Waals surface area contributed by atoms with Crippen LogP contribution in [0, 0.1) is 5.82 Å². The van der Waals surface area contributed by atoms with Gasteiger partial charge in [-0.25, -0.2) is 26.6 Å². The monoisotopic (exact) mass is 489 g/mol. The zero-order chi connectivity index (χ0) is 24.7. The molecule has 4 rings (SSSR count). The molecule has 1 N–H and O–H groups in total. The Labute approximate surface area is 194 Å². The number of anilines is 2. The van der Waals surface area contributed by atoms with E-state index in [1.54, 1.807) is 34.9 Å². The summed E-state index contributed by atoms with van der Waals surface area (Å²) < 4.78 is 73.3. The van der Waals surface area contributed by atoms with E-state index in [1.807, 2.05) is 0 Å². The van der Waals surface area contributed by atoms with Crippen molar-refractivity contribution in [2.24, 2.45) is 0 Å². The molecule has 1 heterocycles. The van der Waals surface area contributed by atoms with Gasteiger partial charge in [0.15, 0.2) is 21.4 Å². The lowest BCUT2D eigenvalue weighted by Gasteiger charge is -2.18. The largest absolute Gasteiger partial charge is 0.494 e. The molecule has 0 aliphatic carbocycles. The van der Waals surface area contributed by atoms with Gasteiger partial charge < -0.3 is 14.6 Å². The second kappa shape index (κ2) is 8.68. The summed E-state index contributed by atoms with van der Waals surface area (Å²) in [6.07, 6.45) is 1.09. The van der Waals surface area contributed by atoms with Gasteiger partial charge in [-0.15, -0.1) is 0 Å². The molecular formula is C24H22F3N3O3S. The molecule has 34 heavy (non-hydrogen) atoms. The highest BCUT2D eigenvalue weighted by atomic mass is 32.2. The maximum atomic E-state index is 14.2. The lowest BCUT2D eigenvalue weighted by atomic mass is 10.0. The van der Waals surface area contributed by atoms with Crippen molar-refractivity contribution in [3.8, 4) is 5.75 Å². The number of hydrogen-bond acceptors (Lipinski definition) is 5. The number of methoxy groups -OCH3 is 1. The van der Waals surface area contributed by atoms with Crippen molar-refractivity contribution in [3.63, 3.8) is 0 Å². The molecule has 0 atom stereocenters. The minimum atomic E-state index is -3.49. The third kappa shape index (κ3) is 4.72. The lowest BCUT2D eigenvalue weighted by Crippen LogP contribution is -2.14. The predicted molar refractivity (Wildman–Crippen MR) is 124 cm³/mol. The Morgan fingerprint density at radius 2 is 1.82 bits per heavy atom. The van der Waals surface area contributed by atoms with Crippen LogP contribution in [0.4, 0.5) is 24.8 Å². The van der Waals surface area contributed by atoms with Crippen molar-refractivity contribution >= 4 is 32.5 Å². The normalized spacial score (nSPS) is 12.2. The molecule has 4 aromatic rings. The number of sulfone groups is 1. The lowest BCUT2D eigenvalue weighted by molar-refractivity contribution is 0.0165. The highest BCUT2D eigenvalue weighted by molar-refractivity contribution is 7.90.